The summed E-state index contributed by atoms with van der Waals surface area (Å²) < 4.78 is 0. The van der Waals surface area contributed by atoms with E-state index in [1.54, 1.807) is 0 Å². The molecule has 1 N–H and O–H groups in total. The van der Waals surface area contributed by atoms with Crippen LogP contribution in [0.5, 0.6) is 0 Å². The van der Waals surface area contributed by atoms with Crippen molar-refractivity contribution >= 4 is 39.2 Å². The van der Waals surface area contributed by atoms with Crippen LogP contribution in [-0.2, 0) is 10.2 Å². The van der Waals surface area contributed by atoms with Crippen molar-refractivity contribution in [1.29, 1.82) is 0 Å². The lowest BCUT2D eigenvalue weighted by Gasteiger charge is -2.38. The third-order valence-corrected chi connectivity index (χ3v) is 10.3. The van der Waals surface area contributed by atoms with Gasteiger partial charge in [-0.1, -0.05) is 106 Å². The molecule has 0 bridgehead atoms. The van der Waals surface area contributed by atoms with Gasteiger partial charge in [-0.2, -0.15) is 0 Å². The fraction of sp³-hybridized carbons (Fsp3) is 0.268. The van der Waals surface area contributed by atoms with Crippen molar-refractivity contribution in [3.05, 3.63) is 136 Å². The van der Waals surface area contributed by atoms with E-state index in [1.807, 2.05) is 54.6 Å². The average molecular weight is 591 g/mol. The highest BCUT2D eigenvalue weighted by Gasteiger charge is 2.49. The first kappa shape index (κ1) is 27.8. The number of para-hydroxylation sites is 1. The minimum Gasteiger partial charge on any atom is -0.506 e. The lowest BCUT2D eigenvalue weighted by atomic mass is 9.67. The van der Waals surface area contributed by atoms with Crippen molar-refractivity contribution in [3.63, 3.8) is 0 Å². The Labute approximate surface area is 265 Å². The molecule has 4 aliphatic rings. The third kappa shape index (κ3) is 4.34. The van der Waals surface area contributed by atoms with Gasteiger partial charge in [0.05, 0.1) is 22.5 Å². The van der Waals surface area contributed by atoms with Gasteiger partial charge in [-0.3, -0.25) is 4.79 Å². The number of fused-ring (bicyclic) bond motifs is 4. The molecule has 4 heteroatoms. The summed E-state index contributed by atoms with van der Waals surface area (Å²) in [5, 5.41) is 14.3. The second-order valence-corrected chi connectivity index (χ2v) is 13.4. The van der Waals surface area contributed by atoms with Gasteiger partial charge in [-0.05, 0) is 65.8 Å². The van der Waals surface area contributed by atoms with Crippen LogP contribution < -0.4 is 4.90 Å². The molecule has 4 nitrogen and oxygen atoms in total. The summed E-state index contributed by atoms with van der Waals surface area (Å²) in [7, 11) is 0. The molecular formula is C41H38N2O2. The first-order valence-corrected chi connectivity index (χ1v) is 16.5. The molecule has 224 valence electrons. The molecule has 2 heterocycles. The van der Waals surface area contributed by atoms with Crippen molar-refractivity contribution in [2.24, 2.45) is 10.9 Å². The van der Waals surface area contributed by atoms with Crippen LogP contribution in [0.15, 0.2) is 125 Å². The highest BCUT2D eigenvalue weighted by Crippen LogP contribution is 2.57. The maximum Gasteiger partial charge on any atom is 0.201 e. The fourth-order valence-corrected chi connectivity index (χ4v) is 7.95. The Bertz CT molecular complexity index is 1990. The maximum atomic E-state index is 14.2. The number of nitrogens with zero attached hydrogens (tertiary/aromatic N) is 2. The third-order valence-electron chi connectivity index (χ3n) is 10.3. The van der Waals surface area contributed by atoms with Crippen LogP contribution in [0.3, 0.4) is 0 Å². The smallest absolute Gasteiger partial charge is 0.201 e. The molecule has 0 unspecified atom stereocenters. The Kier molecular flexibility index (Phi) is 6.63. The first-order chi connectivity index (χ1) is 22.0. The number of ketones is 1. The number of allylic oxidation sites excluding steroid dienone is 5. The summed E-state index contributed by atoms with van der Waals surface area (Å²) in [6.45, 7) is 5.42. The molecular weight excluding hydrogens is 552 g/mol. The molecule has 0 saturated heterocycles. The number of hydrogen-bond acceptors (Lipinski definition) is 4. The van der Waals surface area contributed by atoms with Gasteiger partial charge in [0.25, 0.3) is 0 Å². The van der Waals surface area contributed by atoms with Gasteiger partial charge in [0.15, 0.2) is 0 Å². The van der Waals surface area contributed by atoms with Gasteiger partial charge in [-0.15, -0.1) is 0 Å². The van der Waals surface area contributed by atoms with Gasteiger partial charge in [0.1, 0.15) is 5.76 Å². The zero-order chi connectivity index (χ0) is 30.7. The predicted octanol–water partition coefficient (Wildman–Crippen LogP) is 9.77. The first-order valence-electron chi connectivity index (χ1n) is 16.5. The molecule has 0 aromatic heterocycles. The standard InChI is InChI=1S/C41H38N2O2/c1-26(2)19-22-43-34-24-29-16-8-7-15-28(29)23-32(34)41(20-11-4-12-21-41)35(43)25-31-39(44)37(40(31)45)36-30-17-9-10-18-33(30)42-38(36)27-13-5-3-6-14-27/h3,5-10,13-18,23-26,44H,4,11-12,19-22H2,1-2H3/b35-25-,37-36-. The van der Waals surface area contributed by atoms with Crippen molar-refractivity contribution < 1.29 is 9.90 Å². The molecule has 1 spiro atoms. The number of aliphatic imine (C=N–C) groups is 1. The number of aliphatic hydroxyl groups is 1. The molecule has 8 rings (SSSR count). The molecule has 4 aromatic carbocycles. The Hall–Kier alpha value is -4.70. The minimum absolute atomic E-state index is 0.0821. The number of carbonyl (C=O) groups excluding carboxylic acids is 1. The van der Waals surface area contributed by atoms with E-state index in [2.05, 4.69) is 61.2 Å². The lowest BCUT2D eigenvalue weighted by Crippen LogP contribution is -2.35. The van der Waals surface area contributed by atoms with E-state index in [1.165, 1.54) is 34.1 Å². The van der Waals surface area contributed by atoms with Crippen LogP contribution in [0, 0.1) is 5.92 Å². The van der Waals surface area contributed by atoms with E-state index < -0.39 is 0 Å². The van der Waals surface area contributed by atoms with Gasteiger partial charge in [0.2, 0.25) is 5.78 Å². The van der Waals surface area contributed by atoms with Crippen molar-refractivity contribution in [3.8, 4) is 0 Å². The van der Waals surface area contributed by atoms with Gasteiger partial charge >= 0.3 is 0 Å². The van der Waals surface area contributed by atoms with Crippen LogP contribution >= 0.6 is 0 Å². The summed E-state index contributed by atoms with van der Waals surface area (Å²) >= 11 is 0. The van der Waals surface area contributed by atoms with Crippen LogP contribution in [0.4, 0.5) is 11.4 Å². The van der Waals surface area contributed by atoms with Crippen molar-refractivity contribution in [1.82, 2.24) is 0 Å². The summed E-state index contributed by atoms with van der Waals surface area (Å²) in [6.07, 6.45) is 8.74. The number of hydrogen-bond donors (Lipinski definition) is 1. The minimum atomic E-state index is -0.165. The van der Waals surface area contributed by atoms with E-state index in [0.29, 0.717) is 17.1 Å². The summed E-state index contributed by atoms with van der Waals surface area (Å²) in [5.74, 6) is 0.524. The van der Waals surface area contributed by atoms with E-state index in [4.69, 9.17) is 4.99 Å². The van der Waals surface area contributed by atoms with Crippen molar-refractivity contribution in [2.75, 3.05) is 11.4 Å². The molecule has 45 heavy (non-hydrogen) atoms. The largest absolute Gasteiger partial charge is 0.506 e. The molecule has 1 saturated carbocycles. The van der Waals surface area contributed by atoms with E-state index in [-0.39, 0.29) is 17.0 Å². The Morgan fingerprint density at radius 2 is 1.56 bits per heavy atom. The van der Waals surface area contributed by atoms with Gasteiger partial charge < -0.3 is 10.0 Å². The molecule has 4 aromatic rings. The van der Waals surface area contributed by atoms with Crippen LogP contribution in [0.25, 0.3) is 16.3 Å². The maximum absolute atomic E-state index is 14.2. The molecule has 1 fully saturated rings. The van der Waals surface area contributed by atoms with E-state index in [9.17, 15) is 9.90 Å². The van der Waals surface area contributed by atoms with E-state index >= 15 is 0 Å². The number of rotatable bonds is 5. The molecule has 0 radical (unpaired) electrons. The quantitative estimate of drug-likeness (QED) is 0.235. The molecule has 2 aliphatic heterocycles. The summed E-state index contributed by atoms with van der Waals surface area (Å²) in [5.41, 5.74) is 8.56. The SMILES string of the molecule is CC(C)CCN1/C(=C\C2=C(O)C(=C3/C(c4ccccc4)=Nc4ccccc43)/C2=O)C2(CCCCC2)c2cc3ccccc3cc21. The van der Waals surface area contributed by atoms with Crippen LogP contribution in [0.1, 0.15) is 69.1 Å². The second-order valence-electron chi connectivity index (χ2n) is 13.4. The topological polar surface area (TPSA) is 52.9 Å². The number of carbonyl (C=O) groups is 1. The number of aliphatic hydroxyl groups excluding tert-OH is 1. The molecule has 0 atom stereocenters. The normalized spacial score (nSPS) is 21.1. The lowest BCUT2D eigenvalue weighted by molar-refractivity contribution is -0.113. The average Bonchev–Trinajstić information content (AvgIpc) is 3.55. The highest BCUT2D eigenvalue weighted by atomic mass is 16.3. The second kappa shape index (κ2) is 10.7. The van der Waals surface area contributed by atoms with Gasteiger partial charge in [0, 0.05) is 40.0 Å². The van der Waals surface area contributed by atoms with Crippen molar-refractivity contribution in [2.45, 2.75) is 57.8 Å². The molecule has 2 aliphatic carbocycles. The van der Waals surface area contributed by atoms with Gasteiger partial charge in [-0.25, -0.2) is 4.99 Å². The van der Waals surface area contributed by atoms with E-state index in [0.717, 1.165) is 66.7 Å². The number of benzene rings is 4. The van der Waals surface area contributed by atoms with Crippen LogP contribution in [-0.4, -0.2) is 23.1 Å². The fourth-order valence-electron chi connectivity index (χ4n) is 7.95. The highest BCUT2D eigenvalue weighted by molar-refractivity contribution is 6.43. The Morgan fingerprint density at radius 3 is 2.29 bits per heavy atom. The summed E-state index contributed by atoms with van der Waals surface area (Å²) in [4.78, 5) is 21.7. The summed E-state index contributed by atoms with van der Waals surface area (Å²) in [6, 6.07) is 31.2. The zero-order valence-corrected chi connectivity index (χ0v) is 26.0. The zero-order valence-electron chi connectivity index (χ0n) is 26.0. The number of Topliss-reactive ketones (excluding diaryl/α,β-unsaturated/α-hetero) is 1. The van der Waals surface area contributed by atoms with Crippen LogP contribution in [0.2, 0.25) is 0 Å². The Balaban J connectivity index is 1.31. The molecule has 0 amide bonds. The monoisotopic (exact) mass is 590 g/mol. The number of anilines is 1. The predicted molar refractivity (Wildman–Crippen MR) is 184 cm³/mol. The Morgan fingerprint density at radius 1 is 0.867 bits per heavy atom.